The molecule has 0 aliphatic carbocycles. The first-order valence-electron chi connectivity index (χ1n) is 6.93. The second-order valence-corrected chi connectivity index (χ2v) is 5.13. The number of amides is 1. The summed E-state index contributed by atoms with van der Waals surface area (Å²) < 4.78 is 2.04. The maximum absolute atomic E-state index is 11.5. The maximum Gasteiger partial charge on any atom is 0.274 e. The molecule has 112 valence electrons. The molecule has 0 fully saturated rings. The van der Waals surface area contributed by atoms with E-state index < -0.39 is 5.91 Å². The Hall–Kier alpha value is -2.63. The molecule has 1 heterocycles. The number of nitrogens with one attached hydrogen (secondary N) is 1. The number of carbonyl (C=O) groups excluding carboxylic acids is 1. The van der Waals surface area contributed by atoms with Gasteiger partial charge in [0.25, 0.3) is 5.91 Å². The van der Waals surface area contributed by atoms with Gasteiger partial charge in [-0.3, -0.25) is 10.0 Å². The van der Waals surface area contributed by atoms with Crippen LogP contribution in [0.4, 0.5) is 0 Å². The molecule has 3 aromatic rings. The minimum absolute atomic E-state index is 0.0341. The summed E-state index contributed by atoms with van der Waals surface area (Å²) in [4.78, 5) is 11.5. The summed E-state index contributed by atoms with van der Waals surface area (Å²) in [6, 6.07) is 15.0. The van der Waals surface area contributed by atoms with Crippen LogP contribution in [0.15, 0.2) is 54.7 Å². The number of aliphatic hydroxyl groups excluding tert-OH is 1. The Morgan fingerprint density at radius 1 is 1.05 bits per heavy atom. The summed E-state index contributed by atoms with van der Waals surface area (Å²) >= 11 is 0. The molecular formula is C17H16N2O3. The third kappa shape index (κ3) is 2.72. The van der Waals surface area contributed by atoms with Crippen molar-refractivity contribution in [2.75, 3.05) is 0 Å². The molecular weight excluding hydrogens is 280 g/mol. The largest absolute Gasteiger partial charge is 0.392 e. The highest BCUT2D eigenvalue weighted by molar-refractivity contribution is 5.97. The van der Waals surface area contributed by atoms with E-state index in [9.17, 15) is 4.79 Å². The van der Waals surface area contributed by atoms with Crippen molar-refractivity contribution in [3.05, 3.63) is 71.4 Å². The molecule has 0 radical (unpaired) electrons. The molecule has 0 unspecified atom stereocenters. The molecule has 1 aromatic heterocycles. The number of aromatic nitrogens is 1. The third-order valence-electron chi connectivity index (χ3n) is 3.70. The normalized spacial score (nSPS) is 10.8. The quantitative estimate of drug-likeness (QED) is 0.511. The number of hydrogen-bond acceptors (Lipinski definition) is 3. The molecule has 3 rings (SSSR count). The standard InChI is InChI=1S/C17H16N2O3/c20-11-13-3-1-12(2-4-13)10-19-8-7-14-5-6-15(9-16(14)19)17(21)18-22/h1-9,20,22H,10-11H2,(H,18,21). The zero-order valence-corrected chi connectivity index (χ0v) is 11.9. The Kier molecular flexibility index (Phi) is 3.91. The smallest absolute Gasteiger partial charge is 0.274 e. The minimum atomic E-state index is -0.526. The van der Waals surface area contributed by atoms with Gasteiger partial charge in [-0.2, -0.15) is 0 Å². The van der Waals surface area contributed by atoms with Gasteiger partial charge in [-0.25, -0.2) is 5.48 Å². The Morgan fingerprint density at radius 2 is 1.77 bits per heavy atom. The van der Waals surface area contributed by atoms with Gasteiger partial charge in [0, 0.05) is 23.8 Å². The number of hydrogen-bond donors (Lipinski definition) is 3. The number of rotatable bonds is 4. The van der Waals surface area contributed by atoms with Crippen molar-refractivity contribution in [1.82, 2.24) is 10.0 Å². The van der Waals surface area contributed by atoms with Crippen LogP contribution in [0.3, 0.4) is 0 Å². The van der Waals surface area contributed by atoms with Crippen molar-refractivity contribution in [2.45, 2.75) is 13.2 Å². The van der Waals surface area contributed by atoms with Crippen molar-refractivity contribution in [1.29, 1.82) is 0 Å². The van der Waals surface area contributed by atoms with E-state index in [1.165, 1.54) is 0 Å². The van der Waals surface area contributed by atoms with Crippen LogP contribution in [0.5, 0.6) is 0 Å². The van der Waals surface area contributed by atoms with Gasteiger partial charge in [0.1, 0.15) is 0 Å². The van der Waals surface area contributed by atoms with E-state index in [2.05, 4.69) is 0 Å². The first-order valence-corrected chi connectivity index (χ1v) is 6.93. The van der Waals surface area contributed by atoms with Crippen molar-refractivity contribution in [3.63, 3.8) is 0 Å². The third-order valence-corrected chi connectivity index (χ3v) is 3.70. The van der Waals surface area contributed by atoms with E-state index in [0.717, 1.165) is 22.0 Å². The highest BCUT2D eigenvalue weighted by Gasteiger charge is 2.08. The molecule has 1 amide bonds. The van der Waals surface area contributed by atoms with Crippen LogP contribution in [0.2, 0.25) is 0 Å². The van der Waals surface area contributed by atoms with E-state index in [1.54, 1.807) is 17.6 Å². The molecule has 0 atom stereocenters. The van der Waals surface area contributed by atoms with Crippen molar-refractivity contribution in [3.8, 4) is 0 Å². The van der Waals surface area contributed by atoms with E-state index in [-0.39, 0.29) is 6.61 Å². The summed E-state index contributed by atoms with van der Waals surface area (Å²) in [5.41, 5.74) is 4.96. The van der Waals surface area contributed by atoms with Gasteiger partial charge in [0.2, 0.25) is 0 Å². The summed E-state index contributed by atoms with van der Waals surface area (Å²) in [5.74, 6) is -0.526. The summed E-state index contributed by atoms with van der Waals surface area (Å²) in [5, 5.41) is 18.8. The molecule has 22 heavy (non-hydrogen) atoms. The van der Waals surface area contributed by atoms with Gasteiger partial charge in [0.15, 0.2) is 0 Å². The van der Waals surface area contributed by atoms with Gasteiger partial charge in [-0.15, -0.1) is 0 Å². The Balaban J connectivity index is 1.94. The number of aliphatic hydroxyl groups is 1. The maximum atomic E-state index is 11.5. The fourth-order valence-corrected chi connectivity index (χ4v) is 2.47. The molecule has 0 aliphatic rings. The molecule has 5 heteroatoms. The number of carbonyl (C=O) groups is 1. The van der Waals surface area contributed by atoms with Crippen LogP contribution in [0, 0.1) is 0 Å². The summed E-state index contributed by atoms with van der Waals surface area (Å²) in [7, 11) is 0. The van der Waals surface area contributed by atoms with Crippen LogP contribution in [-0.2, 0) is 13.2 Å². The predicted molar refractivity (Wildman–Crippen MR) is 82.7 cm³/mol. The zero-order chi connectivity index (χ0) is 15.5. The fraction of sp³-hybridized carbons (Fsp3) is 0.118. The number of benzene rings is 2. The first-order chi connectivity index (χ1) is 10.7. The number of nitrogens with zero attached hydrogens (tertiary/aromatic N) is 1. The topological polar surface area (TPSA) is 74.5 Å². The highest BCUT2D eigenvalue weighted by Crippen LogP contribution is 2.19. The monoisotopic (exact) mass is 296 g/mol. The SMILES string of the molecule is O=C(NO)c1ccc2ccn(Cc3ccc(CO)cc3)c2c1. The van der Waals surface area contributed by atoms with Gasteiger partial charge in [-0.05, 0) is 34.7 Å². The first kappa shape index (κ1) is 14.3. The van der Waals surface area contributed by atoms with Gasteiger partial charge >= 0.3 is 0 Å². The van der Waals surface area contributed by atoms with E-state index in [0.29, 0.717) is 12.1 Å². The second-order valence-electron chi connectivity index (χ2n) is 5.13. The van der Waals surface area contributed by atoms with Crippen LogP contribution >= 0.6 is 0 Å². The predicted octanol–water partition coefficient (Wildman–Crippen LogP) is 2.30. The average Bonchev–Trinajstić information content (AvgIpc) is 2.97. The second kappa shape index (κ2) is 6.01. The number of fused-ring (bicyclic) bond motifs is 1. The van der Waals surface area contributed by atoms with Crippen LogP contribution in [-0.4, -0.2) is 20.8 Å². The lowest BCUT2D eigenvalue weighted by Crippen LogP contribution is -2.18. The summed E-state index contributed by atoms with van der Waals surface area (Å²) in [6.07, 6.45) is 1.96. The van der Waals surface area contributed by atoms with Crippen molar-refractivity contribution < 1.29 is 15.1 Å². The molecule has 0 aliphatic heterocycles. The van der Waals surface area contributed by atoms with E-state index in [1.807, 2.05) is 47.2 Å². The highest BCUT2D eigenvalue weighted by atomic mass is 16.5. The molecule has 0 saturated carbocycles. The van der Waals surface area contributed by atoms with E-state index in [4.69, 9.17) is 10.3 Å². The fourth-order valence-electron chi connectivity index (χ4n) is 2.47. The number of hydroxylamine groups is 1. The van der Waals surface area contributed by atoms with Crippen molar-refractivity contribution >= 4 is 16.8 Å². The van der Waals surface area contributed by atoms with Crippen LogP contribution < -0.4 is 5.48 Å². The van der Waals surface area contributed by atoms with Crippen molar-refractivity contribution in [2.24, 2.45) is 0 Å². The van der Waals surface area contributed by atoms with Crippen LogP contribution in [0.25, 0.3) is 10.9 Å². The molecule has 0 saturated heterocycles. The lowest BCUT2D eigenvalue weighted by molar-refractivity contribution is 0.0706. The lowest BCUT2D eigenvalue weighted by Gasteiger charge is -2.07. The minimum Gasteiger partial charge on any atom is -0.392 e. The average molecular weight is 296 g/mol. The molecule has 3 N–H and O–H groups in total. The molecule has 0 spiro atoms. The molecule has 2 aromatic carbocycles. The Labute approximate surface area is 127 Å². The summed E-state index contributed by atoms with van der Waals surface area (Å²) in [6.45, 7) is 0.700. The van der Waals surface area contributed by atoms with E-state index >= 15 is 0 Å². The molecule has 0 bridgehead atoms. The Morgan fingerprint density at radius 3 is 2.45 bits per heavy atom. The van der Waals surface area contributed by atoms with Gasteiger partial charge < -0.3 is 9.67 Å². The zero-order valence-electron chi connectivity index (χ0n) is 11.9. The van der Waals surface area contributed by atoms with Gasteiger partial charge in [-0.1, -0.05) is 30.3 Å². The molecule has 5 nitrogen and oxygen atoms in total. The Bertz CT molecular complexity index is 806. The lowest BCUT2D eigenvalue weighted by atomic mass is 10.1. The van der Waals surface area contributed by atoms with Crippen LogP contribution in [0.1, 0.15) is 21.5 Å². The van der Waals surface area contributed by atoms with Gasteiger partial charge in [0.05, 0.1) is 6.61 Å².